The van der Waals surface area contributed by atoms with Crippen molar-refractivity contribution >= 4 is 5.91 Å². The lowest BCUT2D eigenvalue weighted by Gasteiger charge is -2.42. The third-order valence-corrected chi connectivity index (χ3v) is 6.30. The van der Waals surface area contributed by atoms with E-state index in [1.807, 2.05) is 41.2 Å². The van der Waals surface area contributed by atoms with Crippen molar-refractivity contribution in [3.05, 3.63) is 36.2 Å². The first-order valence-corrected chi connectivity index (χ1v) is 8.98. The molecule has 3 fully saturated rings. The molecule has 0 N–H and O–H groups in total. The fourth-order valence-electron chi connectivity index (χ4n) is 4.60. The molecule has 1 saturated heterocycles. The average molecular weight is 325 g/mol. The first kappa shape index (κ1) is 14.3. The van der Waals surface area contributed by atoms with E-state index in [0.717, 1.165) is 24.6 Å². The number of aromatic nitrogens is 4. The normalized spacial score (nSPS) is 25.2. The summed E-state index contributed by atoms with van der Waals surface area (Å²) in [5.74, 6) is 1.59. The van der Waals surface area contributed by atoms with E-state index in [1.54, 1.807) is 0 Å². The number of amides is 1. The Kier molecular flexibility index (Phi) is 2.94. The van der Waals surface area contributed by atoms with Gasteiger partial charge in [0.25, 0.3) is 5.91 Å². The summed E-state index contributed by atoms with van der Waals surface area (Å²) < 4.78 is 4.19. The predicted octanol–water partition coefficient (Wildman–Crippen LogP) is 2.36. The molecule has 1 atom stereocenters. The molecule has 6 heteroatoms. The minimum absolute atomic E-state index is 0.147. The second-order valence-electron chi connectivity index (χ2n) is 7.79. The van der Waals surface area contributed by atoms with Crippen molar-refractivity contribution < 1.29 is 4.79 Å². The summed E-state index contributed by atoms with van der Waals surface area (Å²) in [6.07, 6.45) is 9.96. The molecular formula is C18H23N5O. The van der Waals surface area contributed by atoms with Crippen LogP contribution in [0.2, 0.25) is 0 Å². The van der Waals surface area contributed by atoms with Gasteiger partial charge in [0, 0.05) is 38.3 Å². The lowest BCUT2D eigenvalue weighted by molar-refractivity contribution is 0.0714. The highest BCUT2D eigenvalue weighted by atomic mass is 16.2. The Morgan fingerprint density at radius 3 is 2.79 bits per heavy atom. The third kappa shape index (κ3) is 1.98. The van der Waals surface area contributed by atoms with Gasteiger partial charge in [-0.2, -0.15) is 0 Å². The lowest BCUT2D eigenvalue weighted by Crippen LogP contribution is -2.38. The second kappa shape index (κ2) is 4.94. The van der Waals surface area contributed by atoms with E-state index in [1.165, 1.54) is 32.1 Å². The molecule has 2 aliphatic carbocycles. The van der Waals surface area contributed by atoms with E-state index in [4.69, 9.17) is 0 Å². The molecule has 2 aromatic heterocycles. The molecule has 126 valence electrons. The fourth-order valence-corrected chi connectivity index (χ4v) is 4.60. The summed E-state index contributed by atoms with van der Waals surface area (Å²) in [4.78, 5) is 15.0. The molecule has 2 saturated carbocycles. The summed E-state index contributed by atoms with van der Waals surface area (Å²) in [6.45, 7) is 1.63. The van der Waals surface area contributed by atoms with E-state index in [2.05, 4.69) is 14.8 Å². The van der Waals surface area contributed by atoms with Crippen LogP contribution in [0.15, 0.2) is 24.7 Å². The zero-order chi connectivity index (χ0) is 16.3. The zero-order valence-corrected chi connectivity index (χ0v) is 14.1. The Balaban J connectivity index is 1.46. The van der Waals surface area contributed by atoms with Crippen LogP contribution in [0, 0.1) is 5.41 Å². The van der Waals surface area contributed by atoms with Crippen LogP contribution in [-0.4, -0.2) is 43.2 Å². The SMILES string of the molecule is Cn1cccc1C(=O)N1CC(c2nncn2C2CC2)C2(CCC2)C1. The molecule has 24 heavy (non-hydrogen) atoms. The Hall–Kier alpha value is -2.11. The number of aryl methyl sites for hydroxylation is 1. The zero-order valence-electron chi connectivity index (χ0n) is 14.1. The molecule has 1 unspecified atom stereocenters. The summed E-state index contributed by atoms with van der Waals surface area (Å²) in [7, 11) is 1.93. The van der Waals surface area contributed by atoms with Gasteiger partial charge in [-0.25, -0.2) is 0 Å². The van der Waals surface area contributed by atoms with Gasteiger partial charge in [0.2, 0.25) is 0 Å². The number of likely N-dealkylation sites (tertiary alicyclic amines) is 1. The van der Waals surface area contributed by atoms with Crippen molar-refractivity contribution in [1.29, 1.82) is 0 Å². The molecule has 1 amide bonds. The van der Waals surface area contributed by atoms with Crippen molar-refractivity contribution in [2.45, 2.75) is 44.1 Å². The van der Waals surface area contributed by atoms with Crippen LogP contribution < -0.4 is 0 Å². The summed E-state index contributed by atoms with van der Waals surface area (Å²) in [6, 6.07) is 4.43. The first-order chi connectivity index (χ1) is 11.7. The topological polar surface area (TPSA) is 56.0 Å². The smallest absolute Gasteiger partial charge is 0.270 e. The van der Waals surface area contributed by atoms with Gasteiger partial charge >= 0.3 is 0 Å². The number of carbonyl (C=O) groups is 1. The summed E-state index contributed by atoms with van der Waals surface area (Å²) >= 11 is 0. The highest BCUT2D eigenvalue weighted by Gasteiger charge is 2.54. The van der Waals surface area contributed by atoms with Crippen molar-refractivity contribution in [1.82, 2.24) is 24.2 Å². The van der Waals surface area contributed by atoms with E-state index in [0.29, 0.717) is 12.0 Å². The van der Waals surface area contributed by atoms with E-state index in [9.17, 15) is 4.79 Å². The van der Waals surface area contributed by atoms with Crippen LogP contribution in [0.4, 0.5) is 0 Å². The Morgan fingerprint density at radius 1 is 1.33 bits per heavy atom. The van der Waals surface area contributed by atoms with Gasteiger partial charge in [-0.1, -0.05) is 6.42 Å². The highest BCUT2D eigenvalue weighted by molar-refractivity contribution is 5.93. The molecule has 3 heterocycles. The van der Waals surface area contributed by atoms with Crippen molar-refractivity contribution in [3.8, 4) is 0 Å². The summed E-state index contributed by atoms with van der Waals surface area (Å²) in [5, 5.41) is 8.67. The van der Waals surface area contributed by atoms with Gasteiger partial charge in [-0.3, -0.25) is 4.79 Å². The highest BCUT2D eigenvalue weighted by Crippen LogP contribution is 2.56. The lowest BCUT2D eigenvalue weighted by atomic mass is 9.62. The predicted molar refractivity (Wildman–Crippen MR) is 88.6 cm³/mol. The number of rotatable bonds is 3. The largest absolute Gasteiger partial charge is 0.347 e. The molecule has 1 spiro atoms. The standard InChI is InChI=1S/C18H23N5O/c1-21-9-2-4-15(21)17(24)22-10-14(18(11-22)7-3-8-18)16-20-19-12-23(16)13-5-6-13/h2,4,9,12-14H,3,5-8,10-11H2,1H3. The van der Waals surface area contributed by atoms with Gasteiger partial charge in [-0.15, -0.1) is 10.2 Å². The monoisotopic (exact) mass is 325 g/mol. The maximum Gasteiger partial charge on any atom is 0.270 e. The molecule has 0 radical (unpaired) electrons. The maximum absolute atomic E-state index is 13.0. The molecule has 6 nitrogen and oxygen atoms in total. The number of nitrogens with zero attached hydrogens (tertiary/aromatic N) is 5. The van der Waals surface area contributed by atoms with Crippen LogP contribution in [0.25, 0.3) is 0 Å². The quantitative estimate of drug-likeness (QED) is 0.870. The molecule has 5 rings (SSSR count). The van der Waals surface area contributed by atoms with Crippen LogP contribution in [0.5, 0.6) is 0 Å². The van der Waals surface area contributed by atoms with Gasteiger partial charge in [0.05, 0.1) is 0 Å². The second-order valence-corrected chi connectivity index (χ2v) is 7.79. The van der Waals surface area contributed by atoms with Crippen molar-refractivity contribution in [2.24, 2.45) is 12.5 Å². The van der Waals surface area contributed by atoms with E-state index < -0.39 is 0 Å². The molecule has 2 aromatic rings. The van der Waals surface area contributed by atoms with Crippen LogP contribution in [0.3, 0.4) is 0 Å². The minimum Gasteiger partial charge on any atom is -0.347 e. The van der Waals surface area contributed by atoms with E-state index >= 15 is 0 Å². The average Bonchev–Trinajstić information content (AvgIpc) is 2.99. The van der Waals surface area contributed by atoms with Gasteiger partial charge < -0.3 is 14.0 Å². The third-order valence-electron chi connectivity index (χ3n) is 6.30. The molecule has 0 aromatic carbocycles. The molecule has 3 aliphatic rings. The first-order valence-electron chi connectivity index (χ1n) is 8.98. The van der Waals surface area contributed by atoms with Crippen LogP contribution >= 0.6 is 0 Å². The summed E-state index contributed by atoms with van der Waals surface area (Å²) in [5.41, 5.74) is 0.995. The number of hydrogen-bond acceptors (Lipinski definition) is 3. The molecule has 0 bridgehead atoms. The molecular weight excluding hydrogens is 302 g/mol. The van der Waals surface area contributed by atoms with E-state index in [-0.39, 0.29) is 11.3 Å². The van der Waals surface area contributed by atoms with Gasteiger partial charge in [0.15, 0.2) is 0 Å². The van der Waals surface area contributed by atoms with Crippen LogP contribution in [0.1, 0.15) is 60.4 Å². The Bertz CT molecular complexity index is 783. The van der Waals surface area contributed by atoms with Gasteiger partial charge in [0.1, 0.15) is 17.8 Å². The number of hydrogen-bond donors (Lipinski definition) is 0. The Labute approximate surface area is 141 Å². The van der Waals surface area contributed by atoms with Crippen molar-refractivity contribution in [2.75, 3.05) is 13.1 Å². The minimum atomic E-state index is 0.147. The van der Waals surface area contributed by atoms with Crippen molar-refractivity contribution in [3.63, 3.8) is 0 Å². The fraction of sp³-hybridized carbons (Fsp3) is 0.611. The maximum atomic E-state index is 13.0. The Morgan fingerprint density at radius 2 is 2.17 bits per heavy atom. The van der Waals surface area contributed by atoms with Gasteiger partial charge in [-0.05, 0) is 43.2 Å². The van der Waals surface area contributed by atoms with Crippen LogP contribution in [-0.2, 0) is 7.05 Å². The molecule has 1 aliphatic heterocycles. The number of carbonyl (C=O) groups excluding carboxylic acids is 1.